The molecule has 0 bridgehead atoms. The first kappa shape index (κ1) is 5.96. The van der Waals surface area contributed by atoms with E-state index in [4.69, 9.17) is 0 Å². The minimum atomic E-state index is 0.769. The standard InChI is InChI=1S/C5H13N/c1-5(2)6(3)4/h5H,1-4H3/p+1. The van der Waals surface area contributed by atoms with Gasteiger partial charge in [0, 0.05) is 0 Å². The Morgan fingerprint density at radius 3 is 1.33 bits per heavy atom. The summed E-state index contributed by atoms with van der Waals surface area (Å²) in [7, 11) is 4.31. The van der Waals surface area contributed by atoms with Crippen molar-refractivity contribution in [2.24, 2.45) is 0 Å². The van der Waals surface area contributed by atoms with Crippen LogP contribution in [0.1, 0.15) is 13.8 Å². The molecule has 1 N–H and O–H groups in total. The van der Waals surface area contributed by atoms with Gasteiger partial charge < -0.3 is 4.90 Å². The van der Waals surface area contributed by atoms with Gasteiger partial charge in [-0.2, -0.15) is 0 Å². The smallest absolute Gasteiger partial charge is 0.0813 e. The minimum absolute atomic E-state index is 0.769. The lowest BCUT2D eigenvalue weighted by Gasteiger charge is -2.09. The topological polar surface area (TPSA) is 4.44 Å². The summed E-state index contributed by atoms with van der Waals surface area (Å²) in [5.74, 6) is 0. The van der Waals surface area contributed by atoms with Crippen LogP contribution in [0.3, 0.4) is 0 Å². The molecule has 0 saturated heterocycles. The lowest BCUT2D eigenvalue weighted by Crippen LogP contribution is -3.09. The second kappa shape index (κ2) is 2.19. The first-order chi connectivity index (χ1) is 2.64. The molecule has 38 valence electrons. The summed E-state index contributed by atoms with van der Waals surface area (Å²) >= 11 is 0. The molecule has 0 amide bonds. The van der Waals surface area contributed by atoms with Crippen molar-refractivity contribution < 1.29 is 4.90 Å². The van der Waals surface area contributed by atoms with Crippen LogP contribution in [0.2, 0.25) is 0 Å². The van der Waals surface area contributed by atoms with Crippen molar-refractivity contribution in [2.45, 2.75) is 19.9 Å². The average Bonchev–Trinajstić information content (AvgIpc) is 1.36. The molecule has 0 fully saturated rings. The Morgan fingerprint density at radius 2 is 1.33 bits per heavy atom. The van der Waals surface area contributed by atoms with Gasteiger partial charge in [0.1, 0.15) is 0 Å². The Balaban J connectivity index is 2.99. The van der Waals surface area contributed by atoms with Crippen LogP contribution in [0.25, 0.3) is 0 Å². The molecule has 0 heterocycles. The fourth-order valence-electron chi connectivity index (χ4n) is 0. The quantitative estimate of drug-likeness (QED) is 0.442. The van der Waals surface area contributed by atoms with Crippen molar-refractivity contribution in [2.75, 3.05) is 14.1 Å². The predicted octanol–water partition coefficient (Wildman–Crippen LogP) is -0.461. The van der Waals surface area contributed by atoms with Gasteiger partial charge in [-0.25, -0.2) is 0 Å². The maximum Gasteiger partial charge on any atom is 0.0813 e. The Kier molecular flexibility index (Phi) is 2.18. The van der Waals surface area contributed by atoms with Crippen LogP contribution in [0.4, 0.5) is 0 Å². The van der Waals surface area contributed by atoms with E-state index >= 15 is 0 Å². The van der Waals surface area contributed by atoms with E-state index in [-0.39, 0.29) is 0 Å². The maximum absolute atomic E-state index is 2.20. The zero-order valence-corrected chi connectivity index (χ0v) is 5.08. The molecular weight excluding hydrogens is 74.1 g/mol. The third-order valence-electron chi connectivity index (χ3n) is 1.15. The molecule has 0 aromatic carbocycles. The van der Waals surface area contributed by atoms with E-state index in [2.05, 4.69) is 27.9 Å². The lowest BCUT2D eigenvalue weighted by molar-refractivity contribution is -0.881. The molecule has 0 aliphatic rings. The van der Waals surface area contributed by atoms with E-state index in [1.54, 1.807) is 0 Å². The van der Waals surface area contributed by atoms with Crippen molar-refractivity contribution in [3.05, 3.63) is 0 Å². The molecular formula is C5H14N+. The molecule has 0 saturated carbocycles. The highest BCUT2D eigenvalue weighted by Crippen LogP contribution is 1.59. The summed E-state index contributed by atoms with van der Waals surface area (Å²) in [6, 6.07) is 0.769. The SMILES string of the molecule is CC(C)[NH+](C)C. The summed E-state index contributed by atoms with van der Waals surface area (Å²) in [6.07, 6.45) is 0. The van der Waals surface area contributed by atoms with Gasteiger partial charge in [-0.15, -0.1) is 0 Å². The van der Waals surface area contributed by atoms with E-state index in [1.165, 1.54) is 4.90 Å². The number of rotatable bonds is 1. The first-order valence-corrected chi connectivity index (χ1v) is 2.44. The van der Waals surface area contributed by atoms with Crippen LogP contribution >= 0.6 is 0 Å². The van der Waals surface area contributed by atoms with Crippen molar-refractivity contribution >= 4 is 0 Å². The van der Waals surface area contributed by atoms with Crippen LogP contribution in [0, 0.1) is 0 Å². The summed E-state index contributed by atoms with van der Waals surface area (Å²) < 4.78 is 0. The summed E-state index contributed by atoms with van der Waals surface area (Å²) in [4.78, 5) is 1.51. The monoisotopic (exact) mass is 88.1 g/mol. The summed E-state index contributed by atoms with van der Waals surface area (Å²) in [5.41, 5.74) is 0. The van der Waals surface area contributed by atoms with Crippen LogP contribution in [-0.4, -0.2) is 20.1 Å². The van der Waals surface area contributed by atoms with Crippen LogP contribution in [-0.2, 0) is 0 Å². The second-order valence-electron chi connectivity index (χ2n) is 2.23. The molecule has 0 aromatic heterocycles. The van der Waals surface area contributed by atoms with Gasteiger partial charge >= 0.3 is 0 Å². The van der Waals surface area contributed by atoms with E-state index in [0.717, 1.165) is 6.04 Å². The zero-order valence-electron chi connectivity index (χ0n) is 5.08. The minimum Gasteiger partial charge on any atom is -0.338 e. The Labute approximate surface area is 40.0 Å². The molecule has 0 rings (SSSR count). The third kappa shape index (κ3) is 2.21. The first-order valence-electron chi connectivity index (χ1n) is 2.44. The molecule has 0 aliphatic heterocycles. The third-order valence-corrected chi connectivity index (χ3v) is 1.15. The molecule has 6 heavy (non-hydrogen) atoms. The number of hydrogen-bond donors (Lipinski definition) is 1. The van der Waals surface area contributed by atoms with E-state index in [0.29, 0.717) is 0 Å². The van der Waals surface area contributed by atoms with Crippen molar-refractivity contribution in [1.29, 1.82) is 0 Å². The highest BCUT2D eigenvalue weighted by molar-refractivity contribution is 4.24. The van der Waals surface area contributed by atoms with Gasteiger partial charge in [-0.05, 0) is 13.8 Å². The molecule has 1 heteroatoms. The van der Waals surface area contributed by atoms with Gasteiger partial charge in [0.2, 0.25) is 0 Å². The van der Waals surface area contributed by atoms with Gasteiger partial charge in [0.05, 0.1) is 20.1 Å². The Hall–Kier alpha value is -0.0400. The summed E-state index contributed by atoms with van der Waals surface area (Å²) in [6.45, 7) is 4.41. The highest BCUT2D eigenvalue weighted by Gasteiger charge is 1.94. The van der Waals surface area contributed by atoms with Gasteiger partial charge in [0.15, 0.2) is 0 Å². The predicted molar refractivity (Wildman–Crippen MR) is 27.9 cm³/mol. The molecule has 1 nitrogen and oxygen atoms in total. The van der Waals surface area contributed by atoms with Crippen molar-refractivity contribution in [3.8, 4) is 0 Å². The number of quaternary nitrogens is 1. The van der Waals surface area contributed by atoms with Gasteiger partial charge in [-0.3, -0.25) is 0 Å². The fourth-order valence-corrected chi connectivity index (χ4v) is 0. The zero-order chi connectivity index (χ0) is 5.15. The van der Waals surface area contributed by atoms with Crippen LogP contribution < -0.4 is 4.90 Å². The molecule has 0 radical (unpaired) electrons. The molecule has 0 spiro atoms. The van der Waals surface area contributed by atoms with Crippen molar-refractivity contribution in [1.82, 2.24) is 0 Å². The molecule has 0 atom stereocenters. The number of nitrogens with one attached hydrogen (secondary N) is 1. The fraction of sp³-hybridized carbons (Fsp3) is 1.00. The van der Waals surface area contributed by atoms with E-state index < -0.39 is 0 Å². The molecule has 0 unspecified atom stereocenters. The Bertz CT molecular complexity index is 24.9. The van der Waals surface area contributed by atoms with E-state index in [1.807, 2.05) is 0 Å². The van der Waals surface area contributed by atoms with Gasteiger partial charge in [0.25, 0.3) is 0 Å². The largest absolute Gasteiger partial charge is 0.338 e. The lowest BCUT2D eigenvalue weighted by atomic mass is 10.4. The highest BCUT2D eigenvalue weighted by atomic mass is 15.1. The van der Waals surface area contributed by atoms with Crippen molar-refractivity contribution in [3.63, 3.8) is 0 Å². The Morgan fingerprint density at radius 1 is 1.17 bits per heavy atom. The van der Waals surface area contributed by atoms with Crippen LogP contribution in [0.15, 0.2) is 0 Å². The van der Waals surface area contributed by atoms with E-state index in [9.17, 15) is 0 Å². The maximum atomic E-state index is 2.20. The second-order valence-corrected chi connectivity index (χ2v) is 2.23. The van der Waals surface area contributed by atoms with Gasteiger partial charge in [-0.1, -0.05) is 0 Å². The normalized spacial score (nSPS) is 11.0. The molecule has 0 aromatic rings. The molecule has 0 aliphatic carbocycles. The number of hydrogen-bond acceptors (Lipinski definition) is 0. The van der Waals surface area contributed by atoms with Crippen LogP contribution in [0.5, 0.6) is 0 Å². The average molecular weight is 88.2 g/mol. The summed E-state index contributed by atoms with van der Waals surface area (Å²) in [5, 5.41) is 0.